The third kappa shape index (κ3) is 4.33. The molecule has 0 bridgehead atoms. The van der Waals surface area contributed by atoms with Crippen LogP contribution in [0.3, 0.4) is 0 Å². The molecule has 1 aromatic heterocycles. The molecule has 2 heterocycles. The number of hydrogen-bond acceptors (Lipinski definition) is 4. The van der Waals surface area contributed by atoms with E-state index in [-0.39, 0.29) is 24.4 Å². The Bertz CT molecular complexity index is 857. The minimum absolute atomic E-state index is 0.0419. The van der Waals surface area contributed by atoms with Gasteiger partial charge >= 0.3 is 5.97 Å². The standard InChI is InChI=1S/C22H29N3O3/c1-4-24(14-21(26)27)16-9-11-25(12-10-16)22(28)18-13-20(15(2)3)23-19-8-6-5-7-17(18)19/h5-8,13,15-16H,4,9-12,14H2,1-3H3,(H,26,27). The minimum Gasteiger partial charge on any atom is -0.480 e. The lowest BCUT2D eigenvalue weighted by atomic mass is 9.99. The number of carboxylic acid groups (broad SMARTS) is 1. The summed E-state index contributed by atoms with van der Waals surface area (Å²) in [6.07, 6.45) is 1.60. The molecule has 0 saturated carbocycles. The van der Waals surface area contributed by atoms with Gasteiger partial charge in [-0.2, -0.15) is 0 Å². The second-order valence-corrected chi connectivity index (χ2v) is 7.75. The molecule has 1 aromatic carbocycles. The Balaban J connectivity index is 1.79. The number of likely N-dealkylation sites (N-methyl/N-ethyl adjacent to an activating group) is 1. The lowest BCUT2D eigenvalue weighted by molar-refractivity contribution is -0.139. The van der Waals surface area contributed by atoms with Gasteiger partial charge in [0.1, 0.15) is 0 Å². The smallest absolute Gasteiger partial charge is 0.317 e. The van der Waals surface area contributed by atoms with Crippen LogP contribution in [0.5, 0.6) is 0 Å². The van der Waals surface area contributed by atoms with E-state index in [1.807, 2.05) is 47.1 Å². The molecule has 150 valence electrons. The molecule has 28 heavy (non-hydrogen) atoms. The lowest BCUT2D eigenvalue weighted by Crippen LogP contribution is -2.48. The second-order valence-electron chi connectivity index (χ2n) is 7.75. The van der Waals surface area contributed by atoms with Gasteiger partial charge in [0, 0.05) is 30.2 Å². The fourth-order valence-electron chi connectivity index (χ4n) is 3.95. The molecule has 3 rings (SSSR count). The van der Waals surface area contributed by atoms with Gasteiger partial charge in [-0.05, 0) is 37.4 Å². The molecule has 0 spiro atoms. The van der Waals surface area contributed by atoms with Crippen molar-refractivity contribution in [2.24, 2.45) is 0 Å². The van der Waals surface area contributed by atoms with Gasteiger partial charge in [-0.1, -0.05) is 39.0 Å². The van der Waals surface area contributed by atoms with E-state index in [1.54, 1.807) is 0 Å². The van der Waals surface area contributed by atoms with Crippen molar-refractivity contribution in [1.82, 2.24) is 14.8 Å². The summed E-state index contributed by atoms with van der Waals surface area (Å²) >= 11 is 0. The number of aliphatic carboxylic acids is 1. The number of aromatic nitrogens is 1. The number of fused-ring (bicyclic) bond motifs is 1. The first-order valence-electron chi connectivity index (χ1n) is 10.1. The van der Waals surface area contributed by atoms with E-state index in [2.05, 4.69) is 13.8 Å². The average molecular weight is 383 g/mol. The van der Waals surface area contributed by atoms with Crippen LogP contribution >= 0.6 is 0 Å². The number of nitrogens with zero attached hydrogens (tertiary/aromatic N) is 3. The quantitative estimate of drug-likeness (QED) is 0.828. The Morgan fingerprint density at radius 2 is 1.93 bits per heavy atom. The summed E-state index contributed by atoms with van der Waals surface area (Å²) in [7, 11) is 0. The molecule has 6 nitrogen and oxygen atoms in total. The fourth-order valence-corrected chi connectivity index (χ4v) is 3.95. The van der Waals surface area contributed by atoms with Crippen LogP contribution in [0.1, 0.15) is 55.6 Å². The number of pyridine rings is 1. The second kappa shape index (κ2) is 8.69. The Morgan fingerprint density at radius 3 is 2.54 bits per heavy atom. The van der Waals surface area contributed by atoms with Crippen LogP contribution in [0, 0.1) is 0 Å². The molecule has 0 radical (unpaired) electrons. The molecule has 0 unspecified atom stereocenters. The zero-order valence-corrected chi connectivity index (χ0v) is 16.9. The summed E-state index contributed by atoms with van der Waals surface area (Å²) in [5.41, 5.74) is 2.49. The van der Waals surface area contributed by atoms with Gasteiger partial charge < -0.3 is 10.0 Å². The molecule has 0 atom stereocenters. The van der Waals surface area contributed by atoms with E-state index >= 15 is 0 Å². The number of carbonyl (C=O) groups is 2. The van der Waals surface area contributed by atoms with Crippen molar-refractivity contribution in [3.63, 3.8) is 0 Å². The van der Waals surface area contributed by atoms with Crippen LogP contribution in [0.4, 0.5) is 0 Å². The molecule has 2 aromatic rings. The van der Waals surface area contributed by atoms with Gasteiger partial charge in [-0.15, -0.1) is 0 Å². The third-order valence-corrected chi connectivity index (χ3v) is 5.57. The number of carbonyl (C=O) groups excluding carboxylic acids is 1. The highest BCUT2D eigenvalue weighted by molar-refractivity contribution is 6.06. The first kappa shape index (κ1) is 20.3. The molecular weight excluding hydrogens is 354 g/mol. The number of amides is 1. The number of carboxylic acids is 1. The number of benzene rings is 1. The largest absolute Gasteiger partial charge is 0.480 e. The zero-order valence-electron chi connectivity index (χ0n) is 16.9. The summed E-state index contributed by atoms with van der Waals surface area (Å²) in [4.78, 5) is 33.0. The van der Waals surface area contributed by atoms with Crippen molar-refractivity contribution in [2.75, 3.05) is 26.2 Å². The Hall–Kier alpha value is -2.47. The van der Waals surface area contributed by atoms with Crippen LogP contribution in [-0.4, -0.2) is 64.0 Å². The van der Waals surface area contributed by atoms with E-state index in [1.165, 1.54) is 0 Å². The number of piperidine rings is 1. The van der Waals surface area contributed by atoms with Gasteiger partial charge in [0.05, 0.1) is 17.6 Å². The highest BCUT2D eigenvalue weighted by atomic mass is 16.4. The average Bonchev–Trinajstić information content (AvgIpc) is 2.70. The van der Waals surface area contributed by atoms with Crippen LogP contribution in [0.2, 0.25) is 0 Å². The predicted octanol–water partition coefficient (Wildman–Crippen LogP) is 3.37. The van der Waals surface area contributed by atoms with Crippen LogP contribution in [0.25, 0.3) is 10.9 Å². The summed E-state index contributed by atoms with van der Waals surface area (Å²) in [5.74, 6) is -0.513. The van der Waals surface area contributed by atoms with E-state index < -0.39 is 5.97 Å². The molecule has 1 N–H and O–H groups in total. The number of rotatable bonds is 6. The van der Waals surface area contributed by atoms with Crippen molar-refractivity contribution in [1.29, 1.82) is 0 Å². The van der Waals surface area contributed by atoms with E-state index in [4.69, 9.17) is 10.1 Å². The number of hydrogen-bond donors (Lipinski definition) is 1. The number of para-hydroxylation sites is 1. The van der Waals surface area contributed by atoms with Gasteiger partial charge in [0.2, 0.25) is 0 Å². The summed E-state index contributed by atoms with van der Waals surface area (Å²) < 4.78 is 0. The molecule has 6 heteroatoms. The van der Waals surface area contributed by atoms with Crippen LogP contribution in [0.15, 0.2) is 30.3 Å². The van der Waals surface area contributed by atoms with Gasteiger partial charge in [0.15, 0.2) is 0 Å². The lowest BCUT2D eigenvalue weighted by Gasteiger charge is -2.37. The topological polar surface area (TPSA) is 73.7 Å². The molecule has 1 aliphatic heterocycles. The molecule has 1 saturated heterocycles. The first-order chi connectivity index (χ1) is 13.4. The summed E-state index contributed by atoms with van der Waals surface area (Å²) in [5, 5.41) is 9.98. The molecule has 1 aliphatic rings. The monoisotopic (exact) mass is 383 g/mol. The van der Waals surface area contributed by atoms with E-state index in [0.717, 1.165) is 29.4 Å². The maximum Gasteiger partial charge on any atom is 0.317 e. The Labute approximate surface area is 166 Å². The predicted molar refractivity (Wildman–Crippen MR) is 110 cm³/mol. The van der Waals surface area contributed by atoms with Crippen molar-refractivity contribution < 1.29 is 14.7 Å². The van der Waals surface area contributed by atoms with E-state index in [9.17, 15) is 9.59 Å². The Kier molecular flexibility index (Phi) is 6.29. The van der Waals surface area contributed by atoms with Crippen LogP contribution in [-0.2, 0) is 4.79 Å². The Morgan fingerprint density at radius 1 is 1.25 bits per heavy atom. The van der Waals surface area contributed by atoms with Crippen molar-refractivity contribution in [3.8, 4) is 0 Å². The van der Waals surface area contributed by atoms with E-state index in [0.29, 0.717) is 25.2 Å². The summed E-state index contributed by atoms with van der Waals surface area (Å²) in [6.45, 7) is 8.20. The van der Waals surface area contributed by atoms with Gasteiger partial charge in [-0.25, -0.2) is 0 Å². The SMILES string of the molecule is CCN(CC(=O)O)C1CCN(C(=O)c2cc(C(C)C)nc3ccccc23)CC1. The normalized spacial score (nSPS) is 15.5. The summed E-state index contributed by atoms with van der Waals surface area (Å²) in [6, 6.07) is 9.94. The van der Waals surface area contributed by atoms with Crippen molar-refractivity contribution >= 4 is 22.8 Å². The molecular formula is C22H29N3O3. The molecule has 1 fully saturated rings. The first-order valence-corrected chi connectivity index (χ1v) is 10.1. The minimum atomic E-state index is -0.801. The molecule has 1 amide bonds. The number of likely N-dealkylation sites (tertiary alicyclic amines) is 1. The van der Waals surface area contributed by atoms with Crippen LogP contribution < -0.4 is 0 Å². The van der Waals surface area contributed by atoms with Gasteiger partial charge in [-0.3, -0.25) is 19.5 Å². The maximum atomic E-state index is 13.3. The fraction of sp³-hybridized carbons (Fsp3) is 0.500. The van der Waals surface area contributed by atoms with Crippen molar-refractivity contribution in [2.45, 2.75) is 45.6 Å². The highest BCUT2D eigenvalue weighted by Crippen LogP contribution is 2.25. The van der Waals surface area contributed by atoms with Gasteiger partial charge in [0.25, 0.3) is 5.91 Å². The highest BCUT2D eigenvalue weighted by Gasteiger charge is 2.28. The molecule has 0 aliphatic carbocycles. The third-order valence-electron chi connectivity index (χ3n) is 5.57. The van der Waals surface area contributed by atoms with Crippen molar-refractivity contribution in [3.05, 3.63) is 41.6 Å². The zero-order chi connectivity index (χ0) is 20.3. The maximum absolute atomic E-state index is 13.3.